The van der Waals surface area contributed by atoms with Crippen molar-refractivity contribution in [3.63, 3.8) is 0 Å². The largest absolute Gasteiger partial charge is 0.394 e. The Labute approximate surface area is 61.4 Å². The molecule has 2 N–H and O–H groups in total. The number of halogens is 2. The van der Waals surface area contributed by atoms with Gasteiger partial charge < -0.3 is 10.4 Å². The highest BCUT2D eigenvalue weighted by atomic mass is 19.3. The number of hydrogen-bond acceptors (Lipinski definition) is 2. The molecule has 3 atom stereocenters. The number of rotatable bonds is 1. The van der Waals surface area contributed by atoms with Crippen LogP contribution in [0.4, 0.5) is 8.78 Å². The molecular formula is C6H7F2NO2. The first-order chi connectivity index (χ1) is 5.09. The summed E-state index contributed by atoms with van der Waals surface area (Å²) in [5.41, 5.74) is 0. The average molecular weight is 163 g/mol. The standard InChI is InChI=1S/C6H7F2NO2/c7-6(8)3-2(1-10)9-5(11)4(3)6/h2-4,10H,1H2,(H,9,11)/t2-,3+,4+/m1/s1. The molecule has 0 aromatic carbocycles. The van der Waals surface area contributed by atoms with Gasteiger partial charge >= 0.3 is 0 Å². The van der Waals surface area contributed by atoms with Crippen molar-refractivity contribution >= 4 is 5.91 Å². The molecule has 0 unspecified atom stereocenters. The first-order valence-electron chi connectivity index (χ1n) is 3.38. The van der Waals surface area contributed by atoms with E-state index in [0.717, 1.165) is 0 Å². The first-order valence-corrected chi connectivity index (χ1v) is 3.38. The van der Waals surface area contributed by atoms with Crippen LogP contribution < -0.4 is 5.32 Å². The SMILES string of the molecule is O=C1N[C@H](CO)[C@H]2[C@@H]1C2(F)F. The lowest BCUT2D eigenvalue weighted by Gasteiger charge is -2.11. The third-order valence-electron chi connectivity index (χ3n) is 2.35. The molecule has 0 spiro atoms. The summed E-state index contributed by atoms with van der Waals surface area (Å²) in [6.07, 6.45) is 0. The van der Waals surface area contributed by atoms with Crippen molar-refractivity contribution in [3.8, 4) is 0 Å². The summed E-state index contributed by atoms with van der Waals surface area (Å²) in [6.45, 7) is -0.400. The summed E-state index contributed by atoms with van der Waals surface area (Å²) in [4.78, 5) is 10.7. The van der Waals surface area contributed by atoms with Crippen LogP contribution in [0.1, 0.15) is 0 Å². The van der Waals surface area contributed by atoms with Crippen molar-refractivity contribution < 1.29 is 18.7 Å². The van der Waals surface area contributed by atoms with Crippen molar-refractivity contribution in [3.05, 3.63) is 0 Å². The summed E-state index contributed by atoms with van der Waals surface area (Å²) >= 11 is 0. The second-order valence-corrected chi connectivity index (χ2v) is 2.98. The smallest absolute Gasteiger partial charge is 0.266 e. The Kier molecular flexibility index (Phi) is 1.09. The lowest BCUT2D eigenvalue weighted by Crippen LogP contribution is -2.37. The molecule has 0 aromatic rings. The van der Waals surface area contributed by atoms with Crippen LogP contribution in [0.5, 0.6) is 0 Å². The fourth-order valence-corrected chi connectivity index (χ4v) is 1.71. The van der Waals surface area contributed by atoms with Crippen LogP contribution in [0.15, 0.2) is 0 Å². The van der Waals surface area contributed by atoms with Gasteiger partial charge in [0, 0.05) is 0 Å². The van der Waals surface area contributed by atoms with Crippen LogP contribution in [0.3, 0.4) is 0 Å². The fraction of sp³-hybridized carbons (Fsp3) is 0.833. The topological polar surface area (TPSA) is 49.3 Å². The van der Waals surface area contributed by atoms with Crippen LogP contribution in [-0.4, -0.2) is 29.6 Å². The van der Waals surface area contributed by atoms with Crippen molar-refractivity contribution in [2.75, 3.05) is 6.61 Å². The minimum Gasteiger partial charge on any atom is -0.394 e. The molecule has 62 valence electrons. The van der Waals surface area contributed by atoms with Crippen LogP contribution in [0.25, 0.3) is 0 Å². The monoisotopic (exact) mass is 163 g/mol. The summed E-state index contributed by atoms with van der Waals surface area (Å²) in [5.74, 6) is -5.62. The second-order valence-electron chi connectivity index (χ2n) is 2.98. The zero-order valence-electron chi connectivity index (χ0n) is 5.55. The fourth-order valence-electron chi connectivity index (χ4n) is 1.71. The van der Waals surface area contributed by atoms with Gasteiger partial charge in [0.1, 0.15) is 5.92 Å². The zero-order chi connectivity index (χ0) is 8.22. The summed E-state index contributed by atoms with van der Waals surface area (Å²) in [5, 5.41) is 10.9. The van der Waals surface area contributed by atoms with Gasteiger partial charge in [0.25, 0.3) is 5.92 Å². The van der Waals surface area contributed by atoms with Gasteiger partial charge in [-0.1, -0.05) is 0 Å². The average Bonchev–Trinajstić information content (AvgIpc) is 2.37. The molecule has 1 amide bonds. The first kappa shape index (κ1) is 6.97. The Morgan fingerprint density at radius 2 is 2.27 bits per heavy atom. The number of amides is 1. The van der Waals surface area contributed by atoms with Crippen molar-refractivity contribution in [1.29, 1.82) is 0 Å². The highest BCUT2D eigenvalue weighted by Crippen LogP contribution is 2.59. The number of aliphatic hydroxyl groups is 1. The molecule has 1 heterocycles. The minimum absolute atomic E-state index is 0.400. The number of fused-ring (bicyclic) bond motifs is 1. The molecule has 1 aliphatic carbocycles. The van der Waals surface area contributed by atoms with E-state index in [1.165, 1.54) is 0 Å². The molecule has 2 aliphatic rings. The Morgan fingerprint density at radius 1 is 1.64 bits per heavy atom. The maximum atomic E-state index is 12.6. The lowest BCUT2D eigenvalue weighted by molar-refractivity contribution is -0.124. The molecule has 0 aromatic heterocycles. The van der Waals surface area contributed by atoms with Gasteiger partial charge in [-0.3, -0.25) is 4.79 Å². The van der Waals surface area contributed by atoms with Gasteiger partial charge in [-0.2, -0.15) is 0 Å². The number of carbonyl (C=O) groups is 1. The van der Waals surface area contributed by atoms with Crippen molar-refractivity contribution in [2.24, 2.45) is 11.8 Å². The van der Waals surface area contributed by atoms with Gasteiger partial charge in [0.15, 0.2) is 0 Å². The molecular weight excluding hydrogens is 156 g/mol. The van der Waals surface area contributed by atoms with Gasteiger partial charge in [0.2, 0.25) is 5.91 Å². The summed E-state index contributed by atoms with van der Waals surface area (Å²) in [6, 6.07) is -0.734. The third kappa shape index (κ3) is 0.663. The molecule has 2 rings (SSSR count). The molecule has 1 saturated heterocycles. The molecule has 11 heavy (non-hydrogen) atoms. The highest BCUT2D eigenvalue weighted by molar-refractivity contribution is 5.87. The number of alkyl halides is 2. The maximum Gasteiger partial charge on any atom is 0.266 e. The lowest BCUT2D eigenvalue weighted by atomic mass is 10.2. The van der Waals surface area contributed by atoms with Gasteiger partial charge in [-0.15, -0.1) is 0 Å². The van der Waals surface area contributed by atoms with Crippen molar-refractivity contribution in [2.45, 2.75) is 12.0 Å². The molecule has 1 aliphatic heterocycles. The quantitative estimate of drug-likeness (QED) is 0.540. The number of carbonyl (C=O) groups excluding carboxylic acids is 1. The third-order valence-corrected chi connectivity index (χ3v) is 2.35. The van der Waals surface area contributed by atoms with E-state index in [0.29, 0.717) is 0 Å². The number of piperidine rings is 1. The number of hydrogen-bond donors (Lipinski definition) is 2. The second kappa shape index (κ2) is 1.72. The Balaban J connectivity index is 2.19. The Bertz CT molecular complexity index is 219. The van der Waals surface area contributed by atoms with Gasteiger partial charge in [-0.05, 0) is 0 Å². The van der Waals surface area contributed by atoms with E-state index in [9.17, 15) is 13.6 Å². The normalized spacial score (nSPS) is 45.0. The van der Waals surface area contributed by atoms with E-state index in [4.69, 9.17) is 5.11 Å². The van der Waals surface area contributed by atoms with E-state index in [1.54, 1.807) is 0 Å². The van der Waals surface area contributed by atoms with Crippen LogP contribution >= 0.6 is 0 Å². The predicted octanol–water partition coefficient (Wildman–Crippen LogP) is -0.642. The van der Waals surface area contributed by atoms with Gasteiger partial charge in [-0.25, -0.2) is 8.78 Å². The maximum absolute atomic E-state index is 12.6. The van der Waals surface area contributed by atoms with Crippen molar-refractivity contribution in [1.82, 2.24) is 5.32 Å². The van der Waals surface area contributed by atoms with E-state index >= 15 is 0 Å². The minimum atomic E-state index is -2.87. The van der Waals surface area contributed by atoms with E-state index in [-0.39, 0.29) is 0 Å². The predicted molar refractivity (Wildman–Crippen MR) is 30.9 cm³/mol. The Morgan fingerprint density at radius 3 is 2.55 bits per heavy atom. The highest BCUT2D eigenvalue weighted by Gasteiger charge is 2.77. The molecule has 3 nitrogen and oxygen atoms in total. The molecule has 5 heteroatoms. The van der Waals surface area contributed by atoms with Crippen LogP contribution in [0.2, 0.25) is 0 Å². The number of nitrogens with one attached hydrogen (secondary N) is 1. The van der Waals surface area contributed by atoms with E-state index in [1.807, 2.05) is 0 Å². The van der Waals surface area contributed by atoms with E-state index < -0.39 is 36.3 Å². The summed E-state index contributed by atoms with van der Waals surface area (Å²) in [7, 11) is 0. The van der Waals surface area contributed by atoms with Crippen LogP contribution in [-0.2, 0) is 4.79 Å². The van der Waals surface area contributed by atoms with Gasteiger partial charge in [0.05, 0.1) is 18.6 Å². The number of aliphatic hydroxyl groups excluding tert-OH is 1. The summed E-state index contributed by atoms with van der Waals surface area (Å²) < 4.78 is 25.1. The van der Waals surface area contributed by atoms with Crippen LogP contribution in [0, 0.1) is 11.8 Å². The molecule has 0 bridgehead atoms. The molecule has 0 radical (unpaired) electrons. The molecule has 1 saturated carbocycles. The Hall–Kier alpha value is -0.710. The zero-order valence-corrected chi connectivity index (χ0v) is 5.55. The van der Waals surface area contributed by atoms with E-state index in [2.05, 4.69) is 5.32 Å². The molecule has 2 fully saturated rings.